The number of likely N-dealkylation sites (tertiary alicyclic amines) is 1. The molecule has 0 unspecified atom stereocenters. The van der Waals surface area contributed by atoms with Gasteiger partial charge < -0.3 is 15.0 Å². The zero-order valence-corrected chi connectivity index (χ0v) is 17.7. The van der Waals surface area contributed by atoms with Gasteiger partial charge in [0.15, 0.2) is 5.96 Å². The zero-order chi connectivity index (χ0) is 17.4. The quantitative estimate of drug-likeness (QED) is 0.175. The first kappa shape index (κ1) is 22.0. The molecule has 1 N–H and O–H groups in total. The molecule has 1 aromatic carbocycles. The molecule has 1 aliphatic heterocycles. The fourth-order valence-electron chi connectivity index (χ4n) is 2.69. The summed E-state index contributed by atoms with van der Waals surface area (Å²) in [6, 6.07) is 6.51. The lowest BCUT2D eigenvalue weighted by Gasteiger charge is -2.33. The Bertz CT molecular complexity index is 564. The number of thioether (sulfide) groups is 1. The highest BCUT2D eigenvalue weighted by Crippen LogP contribution is 2.19. The lowest BCUT2D eigenvalue weighted by molar-refractivity contribution is -0.146. The van der Waals surface area contributed by atoms with Crippen LogP contribution in [0.1, 0.15) is 12.8 Å². The van der Waals surface area contributed by atoms with Crippen molar-refractivity contribution in [2.75, 3.05) is 39.5 Å². The number of halogens is 2. The zero-order valence-electron chi connectivity index (χ0n) is 14.5. The number of nitrogens with zero attached hydrogens (tertiary/aromatic N) is 2. The smallest absolute Gasteiger partial charge is 0.308 e. The van der Waals surface area contributed by atoms with Crippen LogP contribution in [0.25, 0.3) is 0 Å². The second-order valence-corrected chi connectivity index (χ2v) is 6.73. The number of guanidine groups is 1. The van der Waals surface area contributed by atoms with E-state index in [2.05, 4.69) is 15.2 Å². The van der Waals surface area contributed by atoms with Crippen LogP contribution < -0.4 is 5.32 Å². The fourth-order valence-corrected chi connectivity index (χ4v) is 3.46. The molecule has 140 valence electrons. The van der Waals surface area contributed by atoms with Crippen LogP contribution in [-0.2, 0) is 9.53 Å². The third kappa shape index (κ3) is 7.01. The summed E-state index contributed by atoms with van der Waals surface area (Å²) in [6.07, 6.45) is 1.58. The molecule has 0 saturated carbocycles. The fraction of sp³-hybridized carbons (Fsp3) is 0.529. The minimum Gasteiger partial charge on any atom is -0.469 e. The van der Waals surface area contributed by atoms with Crippen LogP contribution >= 0.6 is 35.7 Å². The number of piperidine rings is 1. The van der Waals surface area contributed by atoms with Gasteiger partial charge in [0.25, 0.3) is 0 Å². The maximum atomic E-state index is 12.9. The minimum absolute atomic E-state index is 0. The number of ether oxygens (including phenoxy) is 1. The molecule has 2 rings (SSSR count). The molecule has 0 aromatic heterocycles. The van der Waals surface area contributed by atoms with Gasteiger partial charge in [-0.25, -0.2) is 4.39 Å². The number of rotatable bonds is 5. The van der Waals surface area contributed by atoms with Gasteiger partial charge in [0.1, 0.15) is 5.82 Å². The number of hydrogen-bond acceptors (Lipinski definition) is 4. The van der Waals surface area contributed by atoms with Gasteiger partial charge in [0, 0.05) is 37.3 Å². The van der Waals surface area contributed by atoms with Gasteiger partial charge >= 0.3 is 5.97 Å². The summed E-state index contributed by atoms with van der Waals surface area (Å²) in [5.74, 6) is 1.39. The van der Waals surface area contributed by atoms with E-state index in [4.69, 9.17) is 4.74 Å². The van der Waals surface area contributed by atoms with Crippen LogP contribution in [0.5, 0.6) is 0 Å². The number of carbonyl (C=O) groups excluding carboxylic acids is 1. The van der Waals surface area contributed by atoms with Crippen molar-refractivity contribution in [3.8, 4) is 0 Å². The van der Waals surface area contributed by atoms with Crippen LogP contribution in [0.15, 0.2) is 34.2 Å². The van der Waals surface area contributed by atoms with E-state index in [-0.39, 0.29) is 41.7 Å². The van der Waals surface area contributed by atoms with Gasteiger partial charge in [-0.15, -0.1) is 35.7 Å². The second kappa shape index (κ2) is 11.6. The van der Waals surface area contributed by atoms with Crippen molar-refractivity contribution in [3.63, 3.8) is 0 Å². The number of benzene rings is 1. The summed E-state index contributed by atoms with van der Waals surface area (Å²) in [5, 5.41) is 3.34. The highest BCUT2D eigenvalue weighted by Gasteiger charge is 2.26. The Morgan fingerprint density at radius 3 is 2.56 bits per heavy atom. The molecule has 0 amide bonds. The lowest BCUT2D eigenvalue weighted by atomic mass is 9.97. The molecule has 0 atom stereocenters. The number of hydrogen-bond donors (Lipinski definition) is 1. The van der Waals surface area contributed by atoms with E-state index in [1.54, 1.807) is 30.9 Å². The molecule has 1 heterocycles. The van der Waals surface area contributed by atoms with Gasteiger partial charge in [0.2, 0.25) is 0 Å². The van der Waals surface area contributed by atoms with Crippen molar-refractivity contribution in [1.29, 1.82) is 0 Å². The summed E-state index contributed by atoms with van der Waals surface area (Å²) < 4.78 is 17.7. The Kier molecular flexibility index (Phi) is 10.2. The number of nitrogens with one attached hydrogen (secondary N) is 1. The molecular weight excluding hydrogens is 456 g/mol. The molecule has 1 saturated heterocycles. The largest absolute Gasteiger partial charge is 0.469 e. The first-order chi connectivity index (χ1) is 11.6. The van der Waals surface area contributed by atoms with Crippen molar-refractivity contribution in [2.24, 2.45) is 10.9 Å². The third-order valence-electron chi connectivity index (χ3n) is 4.01. The molecule has 0 aliphatic carbocycles. The Labute approximate surface area is 169 Å². The Morgan fingerprint density at radius 2 is 2.00 bits per heavy atom. The number of esters is 1. The highest BCUT2D eigenvalue weighted by atomic mass is 127. The maximum Gasteiger partial charge on any atom is 0.308 e. The van der Waals surface area contributed by atoms with Gasteiger partial charge in [-0.05, 0) is 37.1 Å². The standard InChI is InChI=1S/C17H24FN3O2S.HI/c1-19-17(21-10-7-13(8-11-21)16(22)23-2)20-9-12-24-15-5-3-14(18)4-6-15;/h3-6,13H,7-12H2,1-2H3,(H,19,20);1H. The van der Waals surface area contributed by atoms with E-state index in [0.717, 1.165) is 49.1 Å². The summed E-state index contributed by atoms with van der Waals surface area (Å²) in [7, 11) is 3.20. The van der Waals surface area contributed by atoms with Crippen molar-refractivity contribution >= 4 is 47.7 Å². The predicted molar refractivity (Wildman–Crippen MR) is 110 cm³/mol. The van der Waals surface area contributed by atoms with E-state index < -0.39 is 0 Å². The molecule has 0 spiro atoms. The van der Waals surface area contributed by atoms with E-state index in [1.807, 2.05) is 0 Å². The number of carbonyl (C=O) groups is 1. The molecule has 1 aliphatic rings. The predicted octanol–water partition coefficient (Wildman–Crippen LogP) is 3.00. The molecule has 5 nitrogen and oxygen atoms in total. The van der Waals surface area contributed by atoms with Gasteiger partial charge in [-0.2, -0.15) is 0 Å². The molecule has 0 radical (unpaired) electrons. The first-order valence-electron chi connectivity index (χ1n) is 8.06. The van der Waals surface area contributed by atoms with Gasteiger partial charge in [-0.3, -0.25) is 9.79 Å². The van der Waals surface area contributed by atoms with Crippen LogP contribution in [0, 0.1) is 11.7 Å². The first-order valence-corrected chi connectivity index (χ1v) is 9.04. The normalized spacial score (nSPS) is 15.5. The summed E-state index contributed by atoms with van der Waals surface area (Å²) in [4.78, 5) is 19.1. The SMILES string of the molecule is CN=C(NCCSc1ccc(F)cc1)N1CCC(C(=O)OC)CC1.I. The summed E-state index contributed by atoms with van der Waals surface area (Å²) in [5.41, 5.74) is 0. The molecular formula is C17H25FIN3O2S. The van der Waals surface area contributed by atoms with E-state index in [1.165, 1.54) is 19.2 Å². The molecule has 8 heteroatoms. The van der Waals surface area contributed by atoms with E-state index >= 15 is 0 Å². The Balaban J connectivity index is 0.00000312. The minimum atomic E-state index is -0.215. The van der Waals surface area contributed by atoms with Crippen molar-refractivity contribution in [1.82, 2.24) is 10.2 Å². The van der Waals surface area contributed by atoms with Crippen molar-refractivity contribution < 1.29 is 13.9 Å². The van der Waals surface area contributed by atoms with Crippen molar-refractivity contribution in [3.05, 3.63) is 30.1 Å². The van der Waals surface area contributed by atoms with E-state index in [0.29, 0.717) is 0 Å². The van der Waals surface area contributed by atoms with Crippen molar-refractivity contribution in [2.45, 2.75) is 17.7 Å². The topological polar surface area (TPSA) is 53.9 Å². The third-order valence-corrected chi connectivity index (χ3v) is 5.02. The monoisotopic (exact) mass is 481 g/mol. The average Bonchev–Trinajstić information content (AvgIpc) is 2.63. The number of methoxy groups -OCH3 is 1. The lowest BCUT2D eigenvalue weighted by Crippen LogP contribution is -2.47. The Hall–Kier alpha value is -1.03. The average molecular weight is 481 g/mol. The highest BCUT2D eigenvalue weighted by molar-refractivity contribution is 14.0. The molecule has 1 aromatic rings. The van der Waals surface area contributed by atoms with Gasteiger partial charge in [0.05, 0.1) is 13.0 Å². The van der Waals surface area contributed by atoms with Gasteiger partial charge in [-0.1, -0.05) is 0 Å². The van der Waals surface area contributed by atoms with Crippen LogP contribution in [0.4, 0.5) is 4.39 Å². The molecule has 0 bridgehead atoms. The van der Waals surface area contributed by atoms with Crippen LogP contribution in [0.3, 0.4) is 0 Å². The van der Waals surface area contributed by atoms with Crippen LogP contribution in [0.2, 0.25) is 0 Å². The second-order valence-electron chi connectivity index (χ2n) is 5.56. The van der Waals surface area contributed by atoms with Crippen LogP contribution in [-0.4, -0.2) is 56.4 Å². The maximum absolute atomic E-state index is 12.9. The molecule has 1 fully saturated rings. The summed E-state index contributed by atoms with van der Waals surface area (Å²) in [6.45, 7) is 2.36. The molecule has 25 heavy (non-hydrogen) atoms. The summed E-state index contributed by atoms with van der Waals surface area (Å²) >= 11 is 1.67. The van der Waals surface area contributed by atoms with E-state index in [9.17, 15) is 9.18 Å². The number of aliphatic imine (C=N–C) groups is 1. The Morgan fingerprint density at radius 1 is 1.36 bits per heavy atom.